The highest BCUT2D eigenvalue weighted by Crippen LogP contribution is 2.10. The van der Waals surface area contributed by atoms with E-state index in [1.54, 1.807) is 0 Å². The molecule has 4 nitrogen and oxygen atoms in total. The highest BCUT2D eigenvalue weighted by molar-refractivity contribution is 6.02. The predicted molar refractivity (Wildman–Crippen MR) is 62.5 cm³/mol. The second kappa shape index (κ2) is 4.18. The van der Waals surface area contributed by atoms with E-state index in [-0.39, 0.29) is 5.91 Å². The average Bonchev–Trinajstić information content (AvgIpc) is 2.65. The molecule has 2 rings (SSSR count). The summed E-state index contributed by atoms with van der Waals surface area (Å²) in [7, 11) is 0. The van der Waals surface area contributed by atoms with Gasteiger partial charge in [-0.25, -0.2) is 4.98 Å². The number of amides is 1. The average molecular weight is 215 g/mol. The van der Waals surface area contributed by atoms with Crippen LogP contribution in [0.3, 0.4) is 0 Å². The first-order chi connectivity index (χ1) is 7.65. The van der Waals surface area contributed by atoms with Crippen molar-refractivity contribution in [1.82, 2.24) is 9.97 Å². The molecule has 82 valence electrons. The van der Waals surface area contributed by atoms with Crippen LogP contribution >= 0.6 is 0 Å². The second-order valence-corrected chi connectivity index (χ2v) is 3.71. The van der Waals surface area contributed by atoms with Crippen LogP contribution in [0.25, 0.3) is 0 Å². The maximum Gasteiger partial charge on any atom is 0.273 e. The fraction of sp³-hybridized carbons (Fsp3) is 0.167. The largest absolute Gasteiger partial charge is 0.338 e. The Morgan fingerprint density at radius 3 is 2.81 bits per heavy atom. The van der Waals surface area contributed by atoms with Gasteiger partial charge in [-0.15, -0.1) is 0 Å². The molecule has 16 heavy (non-hydrogen) atoms. The van der Waals surface area contributed by atoms with E-state index in [0.29, 0.717) is 5.69 Å². The van der Waals surface area contributed by atoms with Gasteiger partial charge in [0.15, 0.2) is 0 Å². The third-order valence-corrected chi connectivity index (χ3v) is 2.22. The van der Waals surface area contributed by atoms with Gasteiger partial charge < -0.3 is 10.3 Å². The first-order valence-electron chi connectivity index (χ1n) is 5.05. The van der Waals surface area contributed by atoms with Gasteiger partial charge >= 0.3 is 0 Å². The molecule has 0 aliphatic rings. The molecule has 0 atom stereocenters. The Balaban J connectivity index is 2.13. The van der Waals surface area contributed by atoms with Crippen molar-refractivity contribution < 1.29 is 4.79 Å². The van der Waals surface area contributed by atoms with Crippen LogP contribution in [0.2, 0.25) is 0 Å². The lowest BCUT2D eigenvalue weighted by Crippen LogP contribution is -2.12. The summed E-state index contributed by atoms with van der Waals surface area (Å²) in [5.74, 6) is 0.556. The van der Waals surface area contributed by atoms with E-state index in [4.69, 9.17) is 0 Å². The molecule has 4 heteroatoms. The standard InChI is InChI=1S/C12H13N3O/c1-8-4-3-5-10(6-8)15-12(16)11-7-13-9(2)14-11/h3-7H,1-2H3,(H,13,14)(H,15,16). The molecular formula is C12H13N3O. The number of carbonyl (C=O) groups is 1. The van der Waals surface area contributed by atoms with E-state index in [1.807, 2.05) is 38.1 Å². The number of imidazole rings is 1. The lowest BCUT2D eigenvalue weighted by Gasteiger charge is -2.03. The smallest absolute Gasteiger partial charge is 0.273 e. The molecule has 0 bridgehead atoms. The fourth-order valence-corrected chi connectivity index (χ4v) is 1.46. The van der Waals surface area contributed by atoms with E-state index >= 15 is 0 Å². The summed E-state index contributed by atoms with van der Waals surface area (Å²) >= 11 is 0. The summed E-state index contributed by atoms with van der Waals surface area (Å²) in [6.07, 6.45) is 1.53. The number of nitrogens with one attached hydrogen (secondary N) is 2. The van der Waals surface area contributed by atoms with Crippen molar-refractivity contribution in [1.29, 1.82) is 0 Å². The van der Waals surface area contributed by atoms with Crippen molar-refractivity contribution in [2.75, 3.05) is 5.32 Å². The van der Waals surface area contributed by atoms with Crippen molar-refractivity contribution in [2.45, 2.75) is 13.8 Å². The summed E-state index contributed by atoms with van der Waals surface area (Å²) in [4.78, 5) is 18.6. The number of benzene rings is 1. The van der Waals surface area contributed by atoms with Gasteiger partial charge in [-0.1, -0.05) is 12.1 Å². The number of nitrogens with zero attached hydrogens (tertiary/aromatic N) is 1. The summed E-state index contributed by atoms with van der Waals surface area (Å²) in [5.41, 5.74) is 2.37. The molecule has 0 aliphatic heterocycles. The molecule has 0 saturated heterocycles. The topological polar surface area (TPSA) is 57.8 Å². The number of aromatic nitrogens is 2. The summed E-state index contributed by atoms with van der Waals surface area (Å²) in [6.45, 7) is 3.79. The van der Waals surface area contributed by atoms with Crippen molar-refractivity contribution in [3.63, 3.8) is 0 Å². The zero-order valence-electron chi connectivity index (χ0n) is 9.24. The zero-order chi connectivity index (χ0) is 11.5. The van der Waals surface area contributed by atoms with Gasteiger partial charge in [0.25, 0.3) is 5.91 Å². The molecule has 0 spiro atoms. The minimum atomic E-state index is -0.175. The number of aromatic amines is 1. The molecule has 0 fully saturated rings. The molecule has 2 aromatic rings. The first-order valence-corrected chi connectivity index (χ1v) is 5.05. The molecule has 0 unspecified atom stereocenters. The predicted octanol–water partition coefficient (Wildman–Crippen LogP) is 2.28. The van der Waals surface area contributed by atoms with Gasteiger partial charge in [-0.2, -0.15) is 0 Å². The lowest BCUT2D eigenvalue weighted by atomic mass is 10.2. The van der Waals surface area contributed by atoms with Crippen LogP contribution in [0, 0.1) is 13.8 Å². The third kappa shape index (κ3) is 2.28. The van der Waals surface area contributed by atoms with Crippen LogP contribution in [0.1, 0.15) is 21.9 Å². The zero-order valence-corrected chi connectivity index (χ0v) is 9.24. The number of hydrogen-bond donors (Lipinski definition) is 2. The van der Waals surface area contributed by atoms with Crippen LogP contribution in [0.4, 0.5) is 5.69 Å². The van der Waals surface area contributed by atoms with Gasteiger partial charge in [-0.05, 0) is 31.5 Å². The number of hydrogen-bond acceptors (Lipinski definition) is 2. The van der Waals surface area contributed by atoms with E-state index in [9.17, 15) is 4.79 Å². The number of H-pyrrole nitrogens is 1. The highest BCUT2D eigenvalue weighted by atomic mass is 16.1. The molecule has 1 amide bonds. The van der Waals surface area contributed by atoms with Crippen LogP contribution in [0.15, 0.2) is 30.5 Å². The number of carbonyl (C=O) groups excluding carboxylic acids is 1. The quantitative estimate of drug-likeness (QED) is 0.807. The number of aryl methyl sites for hydroxylation is 2. The molecular weight excluding hydrogens is 202 g/mol. The maximum atomic E-state index is 11.8. The Bertz CT molecular complexity index is 516. The molecule has 1 aromatic carbocycles. The Kier molecular flexibility index (Phi) is 2.72. The van der Waals surface area contributed by atoms with E-state index in [0.717, 1.165) is 17.1 Å². The van der Waals surface area contributed by atoms with Gasteiger partial charge in [-0.3, -0.25) is 4.79 Å². The Hall–Kier alpha value is -2.10. The summed E-state index contributed by atoms with van der Waals surface area (Å²) < 4.78 is 0. The SMILES string of the molecule is Cc1cccc(NC(=O)c2cnc(C)[nH]2)c1. The fourth-order valence-electron chi connectivity index (χ4n) is 1.46. The van der Waals surface area contributed by atoms with Gasteiger partial charge in [0.05, 0.1) is 6.20 Å². The number of anilines is 1. The molecule has 1 heterocycles. The number of rotatable bonds is 2. The van der Waals surface area contributed by atoms with E-state index in [1.165, 1.54) is 6.20 Å². The van der Waals surface area contributed by atoms with Crippen LogP contribution in [-0.2, 0) is 0 Å². The van der Waals surface area contributed by atoms with E-state index in [2.05, 4.69) is 15.3 Å². The molecule has 1 aromatic heterocycles. The Labute approximate surface area is 93.7 Å². The normalized spacial score (nSPS) is 10.1. The van der Waals surface area contributed by atoms with Crippen LogP contribution < -0.4 is 5.32 Å². The lowest BCUT2D eigenvalue weighted by molar-refractivity contribution is 0.102. The van der Waals surface area contributed by atoms with Crippen LogP contribution in [-0.4, -0.2) is 15.9 Å². The Morgan fingerprint density at radius 2 is 2.19 bits per heavy atom. The van der Waals surface area contributed by atoms with Crippen LogP contribution in [0.5, 0.6) is 0 Å². The van der Waals surface area contributed by atoms with E-state index < -0.39 is 0 Å². The minimum Gasteiger partial charge on any atom is -0.338 e. The first kappa shape index (κ1) is 10.4. The highest BCUT2D eigenvalue weighted by Gasteiger charge is 2.08. The molecule has 2 N–H and O–H groups in total. The van der Waals surface area contributed by atoms with Gasteiger partial charge in [0, 0.05) is 5.69 Å². The summed E-state index contributed by atoms with van der Waals surface area (Å²) in [5, 5.41) is 2.80. The van der Waals surface area contributed by atoms with Gasteiger partial charge in [0.2, 0.25) is 0 Å². The monoisotopic (exact) mass is 215 g/mol. The second-order valence-electron chi connectivity index (χ2n) is 3.71. The molecule has 0 aliphatic carbocycles. The maximum absolute atomic E-state index is 11.8. The minimum absolute atomic E-state index is 0.175. The molecule has 0 radical (unpaired) electrons. The molecule has 0 saturated carbocycles. The third-order valence-electron chi connectivity index (χ3n) is 2.22. The van der Waals surface area contributed by atoms with Crippen molar-refractivity contribution in [2.24, 2.45) is 0 Å². The van der Waals surface area contributed by atoms with Crippen molar-refractivity contribution in [3.8, 4) is 0 Å². The Morgan fingerprint density at radius 1 is 1.38 bits per heavy atom. The van der Waals surface area contributed by atoms with Gasteiger partial charge in [0.1, 0.15) is 11.5 Å². The van der Waals surface area contributed by atoms with Crippen molar-refractivity contribution >= 4 is 11.6 Å². The van der Waals surface area contributed by atoms with Crippen molar-refractivity contribution in [3.05, 3.63) is 47.5 Å². The summed E-state index contributed by atoms with van der Waals surface area (Å²) in [6, 6.07) is 7.66.